The van der Waals surface area contributed by atoms with Crippen LogP contribution in [0.15, 0.2) is 47.4 Å². The second-order valence-corrected chi connectivity index (χ2v) is 8.87. The fraction of sp³-hybridized carbons (Fsp3) is 0.400. The quantitative estimate of drug-likeness (QED) is 0.845. The predicted molar refractivity (Wildman–Crippen MR) is 101 cm³/mol. The van der Waals surface area contributed by atoms with Gasteiger partial charge in [-0.2, -0.15) is 4.31 Å². The largest absolute Gasteiger partial charge is 0.297 e. The highest BCUT2D eigenvalue weighted by molar-refractivity contribution is 7.89. The van der Waals surface area contributed by atoms with E-state index in [2.05, 4.69) is 24.1 Å². The summed E-state index contributed by atoms with van der Waals surface area (Å²) in [5.74, 6) is 0. The highest BCUT2D eigenvalue weighted by Gasteiger charge is 2.34. The van der Waals surface area contributed by atoms with Crippen molar-refractivity contribution in [2.24, 2.45) is 0 Å². The number of nitrogens with zero attached hydrogens (tertiary/aromatic N) is 2. The van der Waals surface area contributed by atoms with E-state index in [1.165, 1.54) is 0 Å². The van der Waals surface area contributed by atoms with Crippen molar-refractivity contribution in [2.75, 3.05) is 26.7 Å². The lowest BCUT2D eigenvalue weighted by atomic mass is 10.0. The molecule has 2 aromatic rings. The van der Waals surface area contributed by atoms with Gasteiger partial charge in [0.1, 0.15) is 0 Å². The van der Waals surface area contributed by atoms with E-state index in [1.807, 2.05) is 51.1 Å². The average molecular weight is 359 g/mol. The number of sulfonamides is 1. The molecule has 3 rings (SSSR count). The van der Waals surface area contributed by atoms with Gasteiger partial charge >= 0.3 is 0 Å². The van der Waals surface area contributed by atoms with E-state index in [9.17, 15) is 8.42 Å². The topological polar surface area (TPSA) is 40.6 Å². The third kappa shape index (κ3) is 3.50. The molecule has 0 radical (unpaired) electrons. The molecule has 1 aliphatic heterocycles. The summed E-state index contributed by atoms with van der Waals surface area (Å²) in [6, 6.07) is 14.1. The summed E-state index contributed by atoms with van der Waals surface area (Å²) in [5, 5.41) is 0. The van der Waals surface area contributed by atoms with Crippen molar-refractivity contribution in [1.29, 1.82) is 0 Å². The summed E-state index contributed by atoms with van der Waals surface area (Å²) >= 11 is 0. The van der Waals surface area contributed by atoms with E-state index < -0.39 is 10.0 Å². The summed E-state index contributed by atoms with van der Waals surface area (Å²) in [5.41, 5.74) is 3.90. The molecule has 1 heterocycles. The third-order valence-corrected chi connectivity index (χ3v) is 7.17. The number of hydrogen-bond acceptors (Lipinski definition) is 3. The number of benzene rings is 2. The second kappa shape index (κ2) is 6.90. The molecular weight excluding hydrogens is 332 g/mol. The third-order valence-electron chi connectivity index (χ3n) is 5.00. The van der Waals surface area contributed by atoms with Crippen LogP contribution in [0.2, 0.25) is 0 Å². The number of piperazine rings is 1. The van der Waals surface area contributed by atoms with Crippen LogP contribution in [-0.2, 0) is 10.0 Å². The van der Waals surface area contributed by atoms with Gasteiger partial charge in [-0.25, -0.2) is 8.42 Å². The number of hydrogen-bond donors (Lipinski definition) is 0. The molecule has 0 aromatic heterocycles. The molecule has 1 fully saturated rings. The van der Waals surface area contributed by atoms with Gasteiger partial charge in [-0.05, 0) is 44.5 Å². The van der Waals surface area contributed by atoms with Crippen molar-refractivity contribution in [3.05, 3.63) is 64.7 Å². The molecule has 4 nitrogen and oxygen atoms in total. The Morgan fingerprint density at radius 2 is 1.56 bits per heavy atom. The Balaban J connectivity index is 1.96. The Bertz CT molecular complexity index is 840. The van der Waals surface area contributed by atoms with E-state index in [0.717, 1.165) is 28.8 Å². The summed E-state index contributed by atoms with van der Waals surface area (Å²) in [4.78, 5) is 2.70. The van der Waals surface area contributed by atoms with Gasteiger partial charge in [0.25, 0.3) is 0 Å². The zero-order chi connectivity index (χ0) is 18.2. The van der Waals surface area contributed by atoms with Crippen molar-refractivity contribution in [3.8, 4) is 0 Å². The maximum Gasteiger partial charge on any atom is 0.243 e. The fourth-order valence-electron chi connectivity index (χ4n) is 3.80. The van der Waals surface area contributed by atoms with Gasteiger partial charge in [0, 0.05) is 25.7 Å². The van der Waals surface area contributed by atoms with Crippen LogP contribution >= 0.6 is 0 Å². The van der Waals surface area contributed by atoms with Crippen LogP contribution in [0.4, 0.5) is 0 Å². The minimum absolute atomic E-state index is 0.0794. The molecule has 0 saturated carbocycles. The van der Waals surface area contributed by atoms with Crippen molar-refractivity contribution in [1.82, 2.24) is 9.21 Å². The molecule has 0 aliphatic carbocycles. The van der Waals surface area contributed by atoms with Crippen LogP contribution in [-0.4, -0.2) is 44.3 Å². The van der Waals surface area contributed by atoms with Crippen LogP contribution in [0.25, 0.3) is 0 Å². The Morgan fingerprint density at radius 1 is 0.960 bits per heavy atom. The molecule has 1 saturated heterocycles. The summed E-state index contributed by atoms with van der Waals surface area (Å²) in [7, 11) is -1.44. The standard InChI is InChI=1S/C20H26N2O2S/c1-15-12-16(2)20(17(3)13-15)25(23,24)22-11-10-21(4)19(14-22)18-8-6-5-7-9-18/h5-9,12-13,19H,10-11,14H2,1-4H3. The smallest absolute Gasteiger partial charge is 0.243 e. The van der Waals surface area contributed by atoms with E-state index in [0.29, 0.717) is 18.0 Å². The van der Waals surface area contributed by atoms with Gasteiger partial charge in [0.15, 0.2) is 0 Å². The van der Waals surface area contributed by atoms with Crippen LogP contribution in [0.1, 0.15) is 28.3 Å². The lowest BCUT2D eigenvalue weighted by Crippen LogP contribution is -2.49. The highest BCUT2D eigenvalue weighted by atomic mass is 32.2. The van der Waals surface area contributed by atoms with Crippen molar-refractivity contribution >= 4 is 10.0 Å². The maximum atomic E-state index is 13.3. The molecule has 0 amide bonds. The zero-order valence-corrected chi connectivity index (χ0v) is 16.2. The van der Waals surface area contributed by atoms with Crippen molar-refractivity contribution in [3.63, 3.8) is 0 Å². The minimum Gasteiger partial charge on any atom is -0.297 e. The lowest BCUT2D eigenvalue weighted by molar-refractivity contribution is 0.148. The van der Waals surface area contributed by atoms with Crippen molar-refractivity contribution in [2.45, 2.75) is 31.7 Å². The van der Waals surface area contributed by atoms with Gasteiger partial charge < -0.3 is 0 Å². The predicted octanol–water partition coefficient (Wildman–Crippen LogP) is 3.29. The molecule has 0 bridgehead atoms. The molecule has 1 aliphatic rings. The van der Waals surface area contributed by atoms with Crippen molar-refractivity contribution < 1.29 is 8.42 Å². The van der Waals surface area contributed by atoms with E-state index in [1.54, 1.807) is 4.31 Å². The lowest BCUT2D eigenvalue weighted by Gasteiger charge is -2.39. The first-order valence-electron chi connectivity index (χ1n) is 8.64. The van der Waals surface area contributed by atoms with E-state index in [-0.39, 0.29) is 6.04 Å². The molecular formula is C20H26N2O2S. The highest BCUT2D eigenvalue weighted by Crippen LogP contribution is 2.30. The summed E-state index contributed by atoms with van der Waals surface area (Å²) in [6.07, 6.45) is 0. The van der Waals surface area contributed by atoms with E-state index >= 15 is 0 Å². The normalized spacial score (nSPS) is 19.9. The Hall–Kier alpha value is -1.69. The SMILES string of the molecule is Cc1cc(C)c(S(=O)(=O)N2CCN(C)C(c3ccccc3)C2)c(C)c1. The monoisotopic (exact) mass is 358 g/mol. The maximum absolute atomic E-state index is 13.3. The fourth-order valence-corrected chi connectivity index (χ4v) is 5.65. The molecule has 0 N–H and O–H groups in total. The number of likely N-dealkylation sites (N-methyl/N-ethyl adjacent to an activating group) is 1. The van der Waals surface area contributed by atoms with Gasteiger partial charge in [-0.3, -0.25) is 4.90 Å². The minimum atomic E-state index is -3.50. The molecule has 1 unspecified atom stereocenters. The Morgan fingerprint density at radius 3 is 2.16 bits per heavy atom. The Labute approximate surface area is 151 Å². The number of aryl methyl sites for hydroxylation is 3. The second-order valence-electron chi connectivity index (χ2n) is 7.00. The van der Waals surface area contributed by atoms with Crippen LogP contribution < -0.4 is 0 Å². The summed E-state index contributed by atoms with van der Waals surface area (Å²) < 4.78 is 28.3. The molecule has 2 aromatic carbocycles. The van der Waals surface area contributed by atoms with E-state index in [4.69, 9.17) is 0 Å². The zero-order valence-electron chi connectivity index (χ0n) is 15.4. The first-order chi connectivity index (χ1) is 11.8. The number of rotatable bonds is 3. The van der Waals surface area contributed by atoms with Gasteiger partial charge in [-0.15, -0.1) is 0 Å². The van der Waals surface area contributed by atoms with Gasteiger partial charge in [-0.1, -0.05) is 48.0 Å². The van der Waals surface area contributed by atoms with Crippen LogP contribution in [0.5, 0.6) is 0 Å². The average Bonchev–Trinajstić information content (AvgIpc) is 2.54. The van der Waals surface area contributed by atoms with Crippen LogP contribution in [0.3, 0.4) is 0 Å². The van der Waals surface area contributed by atoms with Gasteiger partial charge in [0.2, 0.25) is 10.0 Å². The molecule has 134 valence electrons. The molecule has 0 spiro atoms. The first-order valence-corrected chi connectivity index (χ1v) is 10.1. The van der Waals surface area contributed by atoms with Crippen LogP contribution in [0, 0.1) is 20.8 Å². The Kier molecular flexibility index (Phi) is 5.00. The first kappa shape index (κ1) is 18.1. The summed E-state index contributed by atoms with van der Waals surface area (Å²) in [6.45, 7) is 7.50. The molecule has 1 atom stereocenters. The molecule has 25 heavy (non-hydrogen) atoms. The molecule has 5 heteroatoms. The van der Waals surface area contributed by atoms with Gasteiger partial charge in [0.05, 0.1) is 4.90 Å².